The van der Waals surface area contributed by atoms with Gasteiger partial charge in [-0.3, -0.25) is 0 Å². The van der Waals surface area contributed by atoms with Crippen LogP contribution < -0.4 is 0 Å². The van der Waals surface area contributed by atoms with Crippen molar-refractivity contribution in [2.24, 2.45) is 0 Å². The topological polar surface area (TPSA) is 38.7 Å². The van der Waals surface area contributed by atoms with Gasteiger partial charge in [0.25, 0.3) is 0 Å². The van der Waals surface area contributed by atoms with Crippen molar-refractivity contribution >= 4 is 21.7 Å². The predicted octanol–water partition coefficient (Wildman–Crippen LogP) is 1.23. The minimum absolute atomic E-state index is 0.428. The zero-order valence-electron chi connectivity index (χ0n) is 4.78. The summed E-state index contributed by atoms with van der Waals surface area (Å²) < 4.78 is 13.1. The summed E-state index contributed by atoms with van der Waals surface area (Å²) in [6.45, 7) is 0. The molecule has 5 heteroatoms. The first kappa shape index (κ1) is 5.67. The van der Waals surface area contributed by atoms with Crippen molar-refractivity contribution in [3.05, 3.63) is 17.8 Å². The number of hydrogen-bond acceptors (Lipinski definition) is 4. The van der Waals surface area contributed by atoms with E-state index in [0.717, 1.165) is 4.70 Å². The largest absolute Gasteiger partial charge is 0.310 e. The van der Waals surface area contributed by atoms with Crippen LogP contribution in [-0.2, 0) is 0 Å². The molecule has 0 saturated carbocycles. The van der Waals surface area contributed by atoms with Crippen molar-refractivity contribution in [3.8, 4) is 0 Å². The standard InChI is InChI=1S/C5H2FN3S/c6-5-7-1-3-4(9-5)8-2-10-3/h1-2H. The molecule has 0 atom stereocenters. The molecule has 2 aromatic rings. The Balaban J connectivity index is 2.86. The van der Waals surface area contributed by atoms with E-state index in [1.54, 1.807) is 5.51 Å². The van der Waals surface area contributed by atoms with E-state index in [9.17, 15) is 4.39 Å². The lowest BCUT2D eigenvalue weighted by Gasteiger charge is -1.83. The number of rotatable bonds is 0. The zero-order valence-corrected chi connectivity index (χ0v) is 5.60. The molecule has 0 unspecified atom stereocenters. The molecule has 0 aliphatic heterocycles. The number of hydrogen-bond donors (Lipinski definition) is 0. The quantitative estimate of drug-likeness (QED) is 0.537. The maximum absolute atomic E-state index is 12.3. The van der Waals surface area contributed by atoms with E-state index in [1.165, 1.54) is 17.5 Å². The fraction of sp³-hybridized carbons (Fsp3) is 0. The fourth-order valence-corrected chi connectivity index (χ4v) is 1.23. The molecule has 0 spiro atoms. The van der Waals surface area contributed by atoms with Gasteiger partial charge in [-0.2, -0.15) is 9.37 Å². The van der Waals surface area contributed by atoms with Crippen LogP contribution in [0.4, 0.5) is 4.39 Å². The third-order valence-electron chi connectivity index (χ3n) is 1.06. The second kappa shape index (κ2) is 1.95. The van der Waals surface area contributed by atoms with Crippen molar-refractivity contribution in [1.82, 2.24) is 15.0 Å². The maximum atomic E-state index is 12.3. The summed E-state index contributed by atoms with van der Waals surface area (Å²) >= 11 is 1.39. The Hall–Kier alpha value is -1.10. The van der Waals surface area contributed by atoms with Gasteiger partial charge in [0.2, 0.25) is 0 Å². The first-order valence-electron chi connectivity index (χ1n) is 2.58. The Morgan fingerprint density at radius 1 is 1.40 bits per heavy atom. The van der Waals surface area contributed by atoms with Crippen molar-refractivity contribution < 1.29 is 4.39 Å². The third-order valence-corrected chi connectivity index (χ3v) is 1.81. The Kier molecular flexibility index (Phi) is 1.10. The molecule has 3 nitrogen and oxygen atoms in total. The molecule has 2 heterocycles. The molecular formula is C5H2FN3S. The molecule has 0 N–H and O–H groups in total. The summed E-state index contributed by atoms with van der Waals surface area (Å²) in [5.74, 6) is 0. The Morgan fingerprint density at radius 2 is 2.30 bits per heavy atom. The second-order valence-electron chi connectivity index (χ2n) is 1.68. The van der Waals surface area contributed by atoms with Crippen molar-refractivity contribution in [1.29, 1.82) is 0 Å². The average Bonchev–Trinajstić information content (AvgIpc) is 2.33. The summed E-state index contributed by atoms with van der Waals surface area (Å²) in [6, 6.07) is 0. The molecule has 2 aromatic heterocycles. The van der Waals surface area contributed by atoms with Gasteiger partial charge >= 0.3 is 6.08 Å². The molecule has 50 valence electrons. The van der Waals surface area contributed by atoms with Crippen LogP contribution in [0.15, 0.2) is 11.7 Å². The third kappa shape index (κ3) is 0.750. The minimum Gasteiger partial charge on any atom is -0.225 e. The highest BCUT2D eigenvalue weighted by molar-refractivity contribution is 7.16. The van der Waals surface area contributed by atoms with Crippen LogP contribution >= 0.6 is 11.3 Å². The van der Waals surface area contributed by atoms with Gasteiger partial charge in [-0.1, -0.05) is 0 Å². The number of nitrogens with zero attached hydrogens (tertiary/aromatic N) is 3. The van der Waals surface area contributed by atoms with Crippen LogP contribution in [-0.4, -0.2) is 15.0 Å². The van der Waals surface area contributed by atoms with E-state index in [2.05, 4.69) is 15.0 Å². The van der Waals surface area contributed by atoms with E-state index < -0.39 is 6.08 Å². The van der Waals surface area contributed by atoms with E-state index in [-0.39, 0.29) is 0 Å². The number of aromatic nitrogens is 3. The van der Waals surface area contributed by atoms with Gasteiger partial charge in [-0.05, 0) is 0 Å². The molecule has 0 saturated heterocycles. The molecule has 0 aliphatic carbocycles. The van der Waals surface area contributed by atoms with Crippen LogP contribution in [0.2, 0.25) is 0 Å². The van der Waals surface area contributed by atoms with Crippen LogP contribution in [0, 0.1) is 6.08 Å². The highest BCUT2D eigenvalue weighted by atomic mass is 32.1. The van der Waals surface area contributed by atoms with E-state index in [4.69, 9.17) is 0 Å². The lowest BCUT2D eigenvalue weighted by atomic mass is 10.6. The number of fused-ring (bicyclic) bond motifs is 1. The van der Waals surface area contributed by atoms with Gasteiger partial charge in [0.05, 0.1) is 16.4 Å². The first-order valence-corrected chi connectivity index (χ1v) is 3.46. The van der Waals surface area contributed by atoms with E-state index >= 15 is 0 Å². The zero-order chi connectivity index (χ0) is 6.97. The molecule has 0 fully saturated rings. The van der Waals surface area contributed by atoms with Gasteiger partial charge in [0.15, 0.2) is 5.65 Å². The van der Waals surface area contributed by atoms with Crippen LogP contribution in [0.3, 0.4) is 0 Å². The van der Waals surface area contributed by atoms with Crippen LogP contribution in [0.25, 0.3) is 10.3 Å². The molecule has 0 bridgehead atoms. The lowest BCUT2D eigenvalue weighted by molar-refractivity contribution is 0.544. The normalized spacial score (nSPS) is 10.5. The fourth-order valence-electron chi connectivity index (χ4n) is 0.650. The number of halogens is 1. The monoisotopic (exact) mass is 155 g/mol. The smallest absolute Gasteiger partial charge is 0.225 e. The van der Waals surface area contributed by atoms with Gasteiger partial charge in [-0.15, -0.1) is 11.3 Å². The summed E-state index contributed by atoms with van der Waals surface area (Å²) in [5, 5.41) is 0. The molecule has 0 aliphatic rings. The summed E-state index contributed by atoms with van der Waals surface area (Å²) in [4.78, 5) is 10.6. The van der Waals surface area contributed by atoms with Gasteiger partial charge in [0.1, 0.15) is 0 Å². The van der Waals surface area contributed by atoms with Gasteiger partial charge in [0, 0.05) is 0 Å². The van der Waals surface area contributed by atoms with Gasteiger partial charge < -0.3 is 0 Å². The van der Waals surface area contributed by atoms with Crippen LogP contribution in [0.1, 0.15) is 0 Å². The SMILES string of the molecule is Fc1ncc2scnc2n1. The molecule has 0 radical (unpaired) electrons. The molecule has 10 heavy (non-hydrogen) atoms. The van der Waals surface area contributed by atoms with E-state index in [0.29, 0.717) is 5.65 Å². The molecule has 2 rings (SSSR count). The highest BCUT2D eigenvalue weighted by Gasteiger charge is 1.98. The van der Waals surface area contributed by atoms with Crippen molar-refractivity contribution in [2.75, 3.05) is 0 Å². The van der Waals surface area contributed by atoms with Crippen LogP contribution in [0.5, 0.6) is 0 Å². The maximum Gasteiger partial charge on any atom is 0.310 e. The lowest BCUT2D eigenvalue weighted by Crippen LogP contribution is -1.86. The Labute approximate surface area is 59.6 Å². The van der Waals surface area contributed by atoms with Crippen molar-refractivity contribution in [3.63, 3.8) is 0 Å². The summed E-state index contributed by atoms with van der Waals surface area (Å²) in [5.41, 5.74) is 2.04. The molecule has 0 amide bonds. The molecular weight excluding hydrogens is 153 g/mol. The average molecular weight is 155 g/mol. The highest BCUT2D eigenvalue weighted by Crippen LogP contribution is 2.12. The van der Waals surface area contributed by atoms with E-state index in [1.807, 2.05) is 0 Å². The number of thiazole rings is 1. The predicted molar refractivity (Wildman–Crippen MR) is 35.2 cm³/mol. The minimum atomic E-state index is -0.724. The first-order chi connectivity index (χ1) is 4.86. The Morgan fingerprint density at radius 3 is 3.20 bits per heavy atom. The summed E-state index contributed by atoms with van der Waals surface area (Å²) in [6.07, 6.45) is 0.702. The molecule has 0 aromatic carbocycles. The van der Waals surface area contributed by atoms with Gasteiger partial charge in [-0.25, -0.2) is 9.97 Å². The van der Waals surface area contributed by atoms with Crippen molar-refractivity contribution in [2.45, 2.75) is 0 Å². The Bertz CT molecular complexity index is 358. The summed E-state index contributed by atoms with van der Waals surface area (Å²) in [7, 11) is 0. The second-order valence-corrected chi connectivity index (χ2v) is 2.57.